The Morgan fingerprint density at radius 2 is 0.909 bits per heavy atom. The van der Waals surface area contributed by atoms with Crippen molar-refractivity contribution in [2.24, 2.45) is 0 Å². The van der Waals surface area contributed by atoms with Crippen molar-refractivity contribution in [3.05, 3.63) is 0 Å². The van der Waals surface area contributed by atoms with Crippen molar-refractivity contribution in [1.82, 2.24) is 0 Å². The van der Waals surface area contributed by atoms with Gasteiger partial charge < -0.3 is 4.48 Å². The zero-order valence-electron chi connectivity index (χ0n) is 15.8. The van der Waals surface area contributed by atoms with Gasteiger partial charge in [0.1, 0.15) is 0 Å². The highest BCUT2D eigenvalue weighted by atomic mass is 79.9. The van der Waals surface area contributed by atoms with E-state index in [2.05, 4.69) is 36.9 Å². The van der Waals surface area contributed by atoms with Crippen molar-refractivity contribution in [3.63, 3.8) is 0 Å². The van der Waals surface area contributed by atoms with E-state index in [4.69, 9.17) is 0 Å². The first-order chi connectivity index (χ1) is 10.6. The molecule has 0 heterocycles. The van der Waals surface area contributed by atoms with Crippen molar-refractivity contribution in [2.45, 2.75) is 96.8 Å². The van der Waals surface area contributed by atoms with Gasteiger partial charge >= 0.3 is 0 Å². The molecule has 0 aromatic carbocycles. The van der Waals surface area contributed by atoms with Gasteiger partial charge in [-0.2, -0.15) is 0 Å². The lowest BCUT2D eigenvalue weighted by Crippen LogP contribution is -2.41. The molecule has 0 fully saturated rings. The van der Waals surface area contributed by atoms with Crippen molar-refractivity contribution in [2.75, 3.05) is 32.5 Å². The third kappa shape index (κ3) is 16.8. The van der Waals surface area contributed by atoms with Crippen LogP contribution in [-0.4, -0.2) is 37.0 Å². The Kier molecular flexibility index (Phi) is 16.6. The van der Waals surface area contributed by atoms with Crippen molar-refractivity contribution in [1.29, 1.82) is 0 Å². The van der Waals surface area contributed by atoms with Gasteiger partial charge in [0.05, 0.1) is 27.2 Å². The molecular formula is C20H43BrN+. The highest BCUT2D eigenvalue weighted by molar-refractivity contribution is 9.09. The number of quaternary nitrogens is 1. The molecule has 0 aliphatic heterocycles. The summed E-state index contributed by atoms with van der Waals surface area (Å²) in [6, 6.07) is 0. The van der Waals surface area contributed by atoms with Gasteiger partial charge in [-0.05, 0) is 32.1 Å². The predicted octanol–water partition coefficient (Wildman–Crippen LogP) is 6.94. The molecule has 0 atom stereocenters. The molecule has 0 amide bonds. The van der Waals surface area contributed by atoms with E-state index in [0.29, 0.717) is 0 Å². The third-order valence-corrected chi connectivity index (χ3v) is 5.32. The molecule has 0 aromatic rings. The molecular weight excluding hydrogens is 334 g/mol. The number of hydrogen-bond donors (Lipinski definition) is 0. The van der Waals surface area contributed by atoms with Crippen molar-refractivity contribution in [3.8, 4) is 0 Å². The topological polar surface area (TPSA) is 0 Å². The molecule has 0 aliphatic rings. The molecule has 22 heavy (non-hydrogen) atoms. The van der Waals surface area contributed by atoms with Crippen molar-refractivity contribution >= 4 is 15.9 Å². The van der Waals surface area contributed by atoms with Crippen molar-refractivity contribution < 1.29 is 4.48 Å². The largest absolute Gasteiger partial charge is 0.328 e. The number of rotatable bonds is 17. The number of unbranched alkanes of at least 4 members (excludes halogenated alkanes) is 12. The van der Waals surface area contributed by atoms with Gasteiger partial charge in [-0.3, -0.25) is 0 Å². The Morgan fingerprint density at radius 1 is 0.545 bits per heavy atom. The van der Waals surface area contributed by atoms with Gasteiger partial charge in [0, 0.05) is 5.33 Å². The molecule has 0 spiro atoms. The van der Waals surface area contributed by atoms with Gasteiger partial charge in [-0.1, -0.05) is 80.6 Å². The second kappa shape index (κ2) is 16.3. The highest BCUT2D eigenvalue weighted by Gasteiger charge is 2.13. The second-order valence-electron chi connectivity index (χ2n) is 7.67. The van der Waals surface area contributed by atoms with E-state index in [1.165, 1.54) is 113 Å². The maximum Gasteiger partial charge on any atom is 0.0782 e. The minimum Gasteiger partial charge on any atom is -0.328 e. The lowest BCUT2D eigenvalue weighted by molar-refractivity contribution is -0.890. The van der Waals surface area contributed by atoms with E-state index in [9.17, 15) is 0 Å². The molecule has 0 N–H and O–H groups in total. The molecule has 2 heteroatoms. The first kappa shape index (κ1) is 22.4. The van der Waals surface area contributed by atoms with E-state index in [0.717, 1.165) is 0 Å². The van der Waals surface area contributed by atoms with Crippen LogP contribution in [0.2, 0.25) is 0 Å². The average molecular weight is 377 g/mol. The molecule has 0 saturated carbocycles. The summed E-state index contributed by atoms with van der Waals surface area (Å²) in [6.07, 6.45) is 19.9. The zero-order chi connectivity index (χ0) is 16.5. The quantitative estimate of drug-likeness (QED) is 0.146. The zero-order valence-corrected chi connectivity index (χ0v) is 17.4. The van der Waals surface area contributed by atoms with Crippen LogP contribution in [0, 0.1) is 0 Å². The summed E-state index contributed by atoms with van der Waals surface area (Å²) in [4.78, 5) is 0. The summed E-state index contributed by atoms with van der Waals surface area (Å²) < 4.78 is 1.24. The summed E-state index contributed by atoms with van der Waals surface area (Å²) in [5, 5.41) is 1.18. The van der Waals surface area contributed by atoms with E-state index in [1.807, 2.05) is 0 Å². The van der Waals surface area contributed by atoms with Crippen LogP contribution < -0.4 is 0 Å². The molecule has 0 aromatic heterocycles. The van der Waals surface area contributed by atoms with Crippen LogP contribution in [0.3, 0.4) is 0 Å². The van der Waals surface area contributed by atoms with E-state index < -0.39 is 0 Å². The fourth-order valence-corrected chi connectivity index (χ4v) is 3.52. The van der Waals surface area contributed by atoms with E-state index in [1.54, 1.807) is 0 Å². The monoisotopic (exact) mass is 376 g/mol. The maximum atomic E-state index is 3.50. The van der Waals surface area contributed by atoms with Gasteiger partial charge in [0.15, 0.2) is 0 Å². The van der Waals surface area contributed by atoms with Gasteiger partial charge in [0.2, 0.25) is 0 Å². The van der Waals surface area contributed by atoms with Crippen LogP contribution in [0.1, 0.15) is 96.8 Å². The van der Waals surface area contributed by atoms with Crippen LogP contribution in [0.25, 0.3) is 0 Å². The molecule has 0 aliphatic carbocycles. The Labute approximate surface area is 150 Å². The first-order valence-electron chi connectivity index (χ1n) is 10.0. The van der Waals surface area contributed by atoms with Gasteiger partial charge in [0.25, 0.3) is 0 Å². The minimum absolute atomic E-state index is 1.18. The van der Waals surface area contributed by atoms with Gasteiger partial charge in [-0.15, -0.1) is 0 Å². The van der Waals surface area contributed by atoms with E-state index in [-0.39, 0.29) is 0 Å². The fraction of sp³-hybridized carbons (Fsp3) is 1.00. The Bertz CT molecular complexity index is 216. The SMILES string of the molecule is CCCCCCCC[N+](C)(C)CCCCCCCCCCBr. The van der Waals surface area contributed by atoms with E-state index >= 15 is 0 Å². The summed E-state index contributed by atoms with van der Waals surface area (Å²) in [5.41, 5.74) is 0. The van der Waals surface area contributed by atoms with Crippen LogP contribution in [0.5, 0.6) is 0 Å². The molecule has 0 bridgehead atoms. The molecule has 1 nitrogen and oxygen atoms in total. The maximum absolute atomic E-state index is 3.50. The lowest BCUT2D eigenvalue weighted by Gasteiger charge is -2.30. The Balaban J connectivity index is 3.32. The third-order valence-electron chi connectivity index (χ3n) is 4.76. The smallest absolute Gasteiger partial charge is 0.0782 e. The normalized spacial score (nSPS) is 12.0. The number of alkyl halides is 1. The summed E-state index contributed by atoms with van der Waals surface area (Å²) in [5.74, 6) is 0. The lowest BCUT2D eigenvalue weighted by atomic mass is 10.1. The predicted molar refractivity (Wildman–Crippen MR) is 106 cm³/mol. The highest BCUT2D eigenvalue weighted by Crippen LogP contribution is 2.12. The molecule has 0 radical (unpaired) electrons. The molecule has 134 valence electrons. The Hall–Kier alpha value is 0.440. The average Bonchev–Trinajstić information content (AvgIpc) is 2.49. The summed E-state index contributed by atoms with van der Waals surface area (Å²) in [6.45, 7) is 5.04. The number of nitrogens with zero attached hydrogens (tertiary/aromatic N) is 1. The number of halogens is 1. The molecule has 0 saturated heterocycles. The van der Waals surface area contributed by atoms with Crippen LogP contribution in [0.15, 0.2) is 0 Å². The second-order valence-corrected chi connectivity index (χ2v) is 8.46. The van der Waals surface area contributed by atoms with Crippen LogP contribution in [-0.2, 0) is 0 Å². The molecule has 0 unspecified atom stereocenters. The Morgan fingerprint density at radius 3 is 1.32 bits per heavy atom. The summed E-state index contributed by atoms with van der Waals surface area (Å²) >= 11 is 3.50. The number of hydrogen-bond acceptors (Lipinski definition) is 0. The fourth-order valence-electron chi connectivity index (χ4n) is 3.13. The molecule has 0 rings (SSSR count). The van der Waals surface area contributed by atoms with Crippen LogP contribution >= 0.6 is 15.9 Å². The first-order valence-corrected chi connectivity index (χ1v) is 11.1. The van der Waals surface area contributed by atoms with Crippen LogP contribution in [0.4, 0.5) is 0 Å². The minimum atomic E-state index is 1.18. The van der Waals surface area contributed by atoms with Gasteiger partial charge in [-0.25, -0.2) is 0 Å². The standard InChI is InChI=1S/C20H43BrN/c1-4-5-6-7-13-16-19-22(2,3)20-17-14-11-9-8-10-12-15-18-21/h4-20H2,1-3H3/q+1. The summed E-state index contributed by atoms with van der Waals surface area (Å²) in [7, 11) is 4.85.